The van der Waals surface area contributed by atoms with Gasteiger partial charge in [-0.2, -0.15) is 0 Å². The predicted molar refractivity (Wildman–Crippen MR) is 106 cm³/mol. The van der Waals surface area contributed by atoms with Crippen molar-refractivity contribution in [3.8, 4) is 0 Å². The minimum atomic E-state index is -0.478. The second kappa shape index (κ2) is 6.95. The monoisotopic (exact) mass is 372 g/mol. The Labute approximate surface area is 159 Å². The normalized spacial score (nSPS) is 17.8. The van der Waals surface area contributed by atoms with Crippen molar-refractivity contribution in [3.05, 3.63) is 53.6 Å². The van der Waals surface area contributed by atoms with Gasteiger partial charge in [0, 0.05) is 5.69 Å². The molecule has 1 aliphatic rings. The summed E-state index contributed by atoms with van der Waals surface area (Å²) in [6.07, 6.45) is 0. The Kier molecular flexibility index (Phi) is 5.02. The van der Waals surface area contributed by atoms with E-state index >= 15 is 0 Å². The van der Waals surface area contributed by atoms with Crippen LogP contribution in [0.3, 0.4) is 0 Å². The van der Waals surface area contributed by atoms with Gasteiger partial charge in [0.15, 0.2) is 0 Å². The van der Waals surface area contributed by atoms with Gasteiger partial charge in [-0.05, 0) is 57.4 Å². The molecule has 1 heterocycles. The zero-order chi connectivity index (χ0) is 18.9. The second-order valence-electron chi connectivity index (χ2n) is 7.27. The zero-order valence-electron chi connectivity index (χ0n) is 15.3. The molecule has 1 fully saturated rings. The maximum Gasteiger partial charge on any atom is 0.494 e. The average Bonchev–Trinajstić information content (AvgIpc) is 2.78. The molecule has 0 atom stereocenters. The van der Waals surface area contributed by atoms with Crippen LogP contribution in [0.1, 0.15) is 27.7 Å². The van der Waals surface area contributed by atoms with Crippen molar-refractivity contribution < 1.29 is 14.1 Å². The van der Waals surface area contributed by atoms with E-state index in [1.807, 2.05) is 45.9 Å². The fourth-order valence-corrected chi connectivity index (χ4v) is 2.77. The summed E-state index contributed by atoms with van der Waals surface area (Å²) < 4.78 is 12.1. The fourth-order valence-electron chi connectivity index (χ4n) is 2.59. The van der Waals surface area contributed by atoms with Crippen LogP contribution < -0.4 is 16.1 Å². The van der Waals surface area contributed by atoms with E-state index in [9.17, 15) is 4.79 Å². The highest BCUT2D eigenvalue weighted by atomic mass is 35.5. The molecule has 2 aromatic rings. The van der Waals surface area contributed by atoms with Gasteiger partial charge in [0.2, 0.25) is 0 Å². The zero-order valence-corrected chi connectivity index (χ0v) is 16.1. The van der Waals surface area contributed by atoms with Crippen LogP contribution in [0.5, 0.6) is 0 Å². The standard InChI is InChI=1S/C19H22BClN2O3/c1-18(2)19(3,4)26-20(25-18)13-8-7-9-14(12-13)22-17(24)23-16-11-6-5-10-15(16)21/h5-12H,1-4H3,(H2,22,23,24). The molecule has 0 bridgehead atoms. The predicted octanol–water partition coefficient (Wildman–Crippen LogP) is 4.28. The first-order valence-corrected chi connectivity index (χ1v) is 8.84. The number of amides is 2. The summed E-state index contributed by atoms with van der Waals surface area (Å²) in [5, 5.41) is 6.01. The van der Waals surface area contributed by atoms with E-state index in [1.54, 1.807) is 30.3 Å². The molecule has 5 nitrogen and oxygen atoms in total. The highest BCUT2D eigenvalue weighted by Crippen LogP contribution is 2.36. The van der Waals surface area contributed by atoms with Crippen molar-refractivity contribution >= 4 is 41.6 Å². The van der Waals surface area contributed by atoms with Gasteiger partial charge in [0.05, 0.1) is 21.9 Å². The van der Waals surface area contributed by atoms with Gasteiger partial charge in [-0.25, -0.2) is 4.79 Å². The van der Waals surface area contributed by atoms with Crippen LogP contribution in [-0.2, 0) is 9.31 Å². The molecule has 0 unspecified atom stereocenters. The molecule has 136 valence electrons. The molecule has 7 heteroatoms. The SMILES string of the molecule is CC1(C)OB(c2cccc(NC(=O)Nc3ccccc3Cl)c2)OC1(C)C. The third kappa shape index (κ3) is 3.87. The molecule has 0 aliphatic carbocycles. The molecule has 26 heavy (non-hydrogen) atoms. The summed E-state index contributed by atoms with van der Waals surface area (Å²) in [4.78, 5) is 12.2. The van der Waals surface area contributed by atoms with Crippen LogP contribution in [0.2, 0.25) is 5.02 Å². The van der Waals surface area contributed by atoms with Gasteiger partial charge in [-0.15, -0.1) is 0 Å². The summed E-state index contributed by atoms with van der Waals surface area (Å²) in [5.41, 5.74) is 1.21. The molecule has 0 radical (unpaired) electrons. The number of nitrogens with one attached hydrogen (secondary N) is 2. The van der Waals surface area contributed by atoms with E-state index in [0.29, 0.717) is 16.4 Å². The molecular formula is C19H22BClN2O3. The summed E-state index contributed by atoms with van der Waals surface area (Å²) >= 11 is 6.06. The Balaban J connectivity index is 1.70. The van der Waals surface area contributed by atoms with Crippen LogP contribution in [0.15, 0.2) is 48.5 Å². The lowest BCUT2D eigenvalue weighted by molar-refractivity contribution is 0.00578. The Bertz CT molecular complexity index is 810. The van der Waals surface area contributed by atoms with Crippen molar-refractivity contribution in [2.45, 2.75) is 38.9 Å². The van der Waals surface area contributed by atoms with E-state index in [4.69, 9.17) is 20.9 Å². The lowest BCUT2D eigenvalue weighted by Gasteiger charge is -2.32. The largest absolute Gasteiger partial charge is 0.494 e. The molecule has 0 saturated carbocycles. The second-order valence-corrected chi connectivity index (χ2v) is 7.68. The first-order valence-electron chi connectivity index (χ1n) is 8.46. The van der Waals surface area contributed by atoms with Crippen LogP contribution in [0, 0.1) is 0 Å². The number of anilines is 2. The number of hydrogen-bond acceptors (Lipinski definition) is 3. The maximum absolute atomic E-state index is 12.2. The number of hydrogen-bond donors (Lipinski definition) is 2. The highest BCUT2D eigenvalue weighted by molar-refractivity contribution is 6.62. The Morgan fingerprint density at radius 3 is 2.27 bits per heavy atom. The van der Waals surface area contributed by atoms with Crippen LogP contribution in [0.4, 0.5) is 16.2 Å². The maximum atomic E-state index is 12.2. The van der Waals surface area contributed by atoms with Crippen molar-refractivity contribution in [3.63, 3.8) is 0 Å². The summed E-state index contributed by atoms with van der Waals surface area (Å²) in [6, 6.07) is 14.1. The number of carbonyl (C=O) groups excluding carboxylic acids is 1. The lowest BCUT2D eigenvalue weighted by Crippen LogP contribution is -2.41. The number of carbonyl (C=O) groups is 1. The number of urea groups is 1. The fraction of sp³-hybridized carbons (Fsp3) is 0.316. The van der Waals surface area contributed by atoms with Crippen molar-refractivity contribution in [1.29, 1.82) is 0 Å². The molecule has 3 rings (SSSR count). The first-order chi connectivity index (χ1) is 12.2. The van der Waals surface area contributed by atoms with Gasteiger partial charge >= 0.3 is 13.1 Å². The molecule has 2 amide bonds. The van der Waals surface area contributed by atoms with E-state index in [1.165, 1.54) is 0 Å². The quantitative estimate of drug-likeness (QED) is 0.790. The van der Waals surface area contributed by atoms with Crippen LogP contribution >= 0.6 is 11.6 Å². The van der Waals surface area contributed by atoms with Crippen LogP contribution in [-0.4, -0.2) is 24.4 Å². The van der Waals surface area contributed by atoms with Crippen LogP contribution in [0.25, 0.3) is 0 Å². The van der Waals surface area contributed by atoms with E-state index in [0.717, 1.165) is 5.46 Å². The number of halogens is 1. The summed E-state index contributed by atoms with van der Waals surface area (Å²) in [5.74, 6) is 0. The molecular weight excluding hydrogens is 350 g/mol. The van der Waals surface area contributed by atoms with Gasteiger partial charge in [0.1, 0.15) is 0 Å². The third-order valence-corrected chi connectivity index (χ3v) is 5.12. The molecule has 0 spiro atoms. The van der Waals surface area contributed by atoms with Gasteiger partial charge in [-0.3, -0.25) is 0 Å². The minimum absolute atomic E-state index is 0.371. The Hall–Kier alpha value is -2.02. The first kappa shape index (κ1) is 18.8. The van der Waals surface area contributed by atoms with Gasteiger partial charge in [-0.1, -0.05) is 35.9 Å². The summed E-state index contributed by atoms with van der Waals surface area (Å²) in [6.45, 7) is 8.02. The van der Waals surface area contributed by atoms with Crippen molar-refractivity contribution in [2.75, 3.05) is 10.6 Å². The number of rotatable bonds is 3. The Morgan fingerprint density at radius 2 is 1.62 bits per heavy atom. The molecule has 1 saturated heterocycles. The molecule has 2 aromatic carbocycles. The highest BCUT2D eigenvalue weighted by Gasteiger charge is 2.51. The summed E-state index contributed by atoms with van der Waals surface area (Å²) in [7, 11) is -0.478. The number of para-hydroxylation sites is 1. The van der Waals surface area contributed by atoms with E-state index < -0.39 is 18.3 Å². The third-order valence-electron chi connectivity index (χ3n) is 4.79. The van der Waals surface area contributed by atoms with E-state index in [2.05, 4.69) is 10.6 Å². The topological polar surface area (TPSA) is 59.6 Å². The Morgan fingerprint density at radius 1 is 0.962 bits per heavy atom. The van der Waals surface area contributed by atoms with Crippen molar-refractivity contribution in [2.24, 2.45) is 0 Å². The average molecular weight is 373 g/mol. The lowest BCUT2D eigenvalue weighted by atomic mass is 9.79. The molecule has 2 N–H and O–H groups in total. The van der Waals surface area contributed by atoms with Gasteiger partial charge in [0.25, 0.3) is 0 Å². The van der Waals surface area contributed by atoms with Crippen molar-refractivity contribution in [1.82, 2.24) is 0 Å². The number of benzene rings is 2. The molecule has 1 aliphatic heterocycles. The van der Waals surface area contributed by atoms with Gasteiger partial charge < -0.3 is 19.9 Å². The molecule has 0 aromatic heterocycles. The van der Waals surface area contributed by atoms with E-state index in [-0.39, 0.29) is 6.03 Å². The minimum Gasteiger partial charge on any atom is -0.399 e. The smallest absolute Gasteiger partial charge is 0.399 e.